The maximum absolute atomic E-state index is 11.8. The van der Waals surface area contributed by atoms with Crippen molar-refractivity contribution in [1.29, 1.82) is 0 Å². The number of likely N-dealkylation sites (N-methyl/N-ethyl adjacent to an activating group) is 1. The molecule has 114 valence electrons. The standard InChI is InChI=1S/C14H23BrN2O2S/c1-10(12-8-11(15)9-20-12)16-6-7-17(5)13(18)19-14(2,3)4/h8-10,16H,6-7H2,1-5H3. The van der Waals surface area contributed by atoms with E-state index in [1.807, 2.05) is 20.8 Å². The Morgan fingerprint density at radius 2 is 2.20 bits per heavy atom. The summed E-state index contributed by atoms with van der Waals surface area (Å²) in [5.74, 6) is 0. The third-order valence-corrected chi connectivity index (χ3v) is 4.49. The average molecular weight is 363 g/mol. The molecule has 0 spiro atoms. The number of thiophene rings is 1. The van der Waals surface area contributed by atoms with Gasteiger partial charge in [0.1, 0.15) is 5.60 Å². The van der Waals surface area contributed by atoms with Crippen molar-refractivity contribution in [3.05, 3.63) is 20.8 Å². The Morgan fingerprint density at radius 1 is 1.55 bits per heavy atom. The van der Waals surface area contributed by atoms with Crippen LogP contribution in [0.15, 0.2) is 15.9 Å². The zero-order valence-corrected chi connectivity index (χ0v) is 15.1. The molecule has 1 rings (SSSR count). The first-order valence-electron chi connectivity index (χ1n) is 6.60. The van der Waals surface area contributed by atoms with Crippen LogP contribution < -0.4 is 5.32 Å². The molecule has 0 aromatic carbocycles. The molecule has 1 aromatic heterocycles. The summed E-state index contributed by atoms with van der Waals surface area (Å²) >= 11 is 5.17. The van der Waals surface area contributed by atoms with E-state index in [0.717, 1.165) is 11.0 Å². The molecule has 1 heterocycles. The van der Waals surface area contributed by atoms with E-state index < -0.39 is 5.60 Å². The van der Waals surface area contributed by atoms with Gasteiger partial charge >= 0.3 is 6.09 Å². The fourth-order valence-electron chi connectivity index (χ4n) is 1.54. The van der Waals surface area contributed by atoms with E-state index in [-0.39, 0.29) is 12.1 Å². The molecule has 0 saturated heterocycles. The van der Waals surface area contributed by atoms with Crippen LogP contribution in [0.25, 0.3) is 0 Å². The Bertz CT molecular complexity index is 443. The Balaban J connectivity index is 2.31. The first-order valence-corrected chi connectivity index (χ1v) is 8.28. The second-order valence-electron chi connectivity index (χ2n) is 5.75. The van der Waals surface area contributed by atoms with Crippen molar-refractivity contribution in [2.45, 2.75) is 39.3 Å². The maximum atomic E-state index is 11.8. The number of amides is 1. The lowest BCUT2D eigenvalue weighted by atomic mass is 10.2. The summed E-state index contributed by atoms with van der Waals surface area (Å²) < 4.78 is 6.41. The normalized spacial score (nSPS) is 13.1. The number of rotatable bonds is 5. The van der Waals surface area contributed by atoms with Gasteiger partial charge in [0.2, 0.25) is 0 Å². The van der Waals surface area contributed by atoms with Crippen LogP contribution in [-0.4, -0.2) is 36.7 Å². The van der Waals surface area contributed by atoms with Crippen molar-refractivity contribution in [3.8, 4) is 0 Å². The minimum absolute atomic E-state index is 0.276. The molecule has 0 fully saturated rings. The van der Waals surface area contributed by atoms with E-state index in [4.69, 9.17) is 4.74 Å². The molecular weight excluding hydrogens is 340 g/mol. The van der Waals surface area contributed by atoms with Crippen LogP contribution >= 0.6 is 27.3 Å². The van der Waals surface area contributed by atoms with E-state index in [0.29, 0.717) is 6.54 Å². The smallest absolute Gasteiger partial charge is 0.410 e. The number of carbonyl (C=O) groups is 1. The Labute approximate surface area is 133 Å². The first kappa shape index (κ1) is 17.5. The Kier molecular flexibility index (Phi) is 6.48. The molecule has 4 nitrogen and oxygen atoms in total. The van der Waals surface area contributed by atoms with Gasteiger partial charge in [0.25, 0.3) is 0 Å². The first-order chi connectivity index (χ1) is 9.19. The topological polar surface area (TPSA) is 41.6 Å². The van der Waals surface area contributed by atoms with Gasteiger partial charge in [-0.2, -0.15) is 0 Å². The van der Waals surface area contributed by atoms with Crippen LogP contribution in [0.3, 0.4) is 0 Å². The summed E-state index contributed by atoms with van der Waals surface area (Å²) in [5.41, 5.74) is -0.449. The van der Waals surface area contributed by atoms with Gasteiger partial charge in [-0.1, -0.05) is 0 Å². The lowest BCUT2D eigenvalue weighted by Crippen LogP contribution is -2.38. The van der Waals surface area contributed by atoms with E-state index in [1.165, 1.54) is 4.88 Å². The van der Waals surface area contributed by atoms with E-state index >= 15 is 0 Å². The lowest BCUT2D eigenvalue weighted by Gasteiger charge is -2.25. The molecular formula is C14H23BrN2O2S. The molecule has 0 bridgehead atoms. The van der Waals surface area contributed by atoms with Gasteiger partial charge in [0.05, 0.1) is 0 Å². The summed E-state index contributed by atoms with van der Waals surface area (Å²) in [5, 5.41) is 5.47. The Morgan fingerprint density at radius 3 is 2.70 bits per heavy atom. The number of halogens is 1. The van der Waals surface area contributed by atoms with Gasteiger partial charge < -0.3 is 15.0 Å². The monoisotopic (exact) mass is 362 g/mol. The molecule has 1 atom stereocenters. The molecule has 1 N–H and O–H groups in total. The van der Waals surface area contributed by atoms with Crippen molar-refractivity contribution in [2.75, 3.05) is 20.1 Å². The molecule has 0 radical (unpaired) electrons. The molecule has 20 heavy (non-hydrogen) atoms. The predicted molar refractivity (Wildman–Crippen MR) is 87.3 cm³/mol. The number of carbonyl (C=O) groups excluding carboxylic acids is 1. The van der Waals surface area contributed by atoms with E-state index in [1.54, 1.807) is 23.3 Å². The molecule has 1 aromatic rings. The average Bonchev–Trinajstić information content (AvgIpc) is 2.73. The third kappa shape index (κ3) is 6.24. The molecule has 0 aliphatic rings. The number of ether oxygens (including phenoxy) is 1. The second kappa shape index (κ2) is 7.43. The highest BCUT2D eigenvalue weighted by Crippen LogP contribution is 2.25. The van der Waals surface area contributed by atoms with Crippen molar-refractivity contribution in [2.24, 2.45) is 0 Å². The van der Waals surface area contributed by atoms with Crippen LogP contribution in [0, 0.1) is 0 Å². The third-order valence-electron chi connectivity index (χ3n) is 2.62. The van der Waals surface area contributed by atoms with Gasteiger partial charge in [-0.05, 0) is 49.7 Å². The second-order valence-corrected chi connectivity index (χ2v) is 7.60. The number of nitrogens with zero attached hydrogens (tertiary/aromatic N) is 1. The highest BCUT2D eigenvalue weighted by molar-refractivity contribution is 9.10. The molecule has 6 heteroatoms. The van der Waals surface area contributed by atoms with Crippen molar-refractivity contribution in [1.82, 2.24) is 10.2 Å². The fourth-order valence-corrected chi connectivity index (χ4v) is 3.01. The molecule has 1 amide bonds. The van der Waals surface area contributed by atoms with Crippen molar-refractivity contribution in [3.63, 3.8) is 0 Å². The van der Waals surface area contributed by atoms with Crippen LogP contribution in [0.1, 0.15) is 38.6 Å². The molecule has 1 unspecified atom stereocenters. The highest BCUT2D eigenvalue weighted by Gasteiger charge is 2.19. The largest absolute Gasteiger partial charge is 0.444 e. The summed E-state index contributed by atoms with van der Waals surface area (Å²) in [6, 6.07) is 2.39. The minimum Gasteiger partial charge on any atom is -0.444 e. The number of hydrogen-bond donors (Lipinski definition) is 1. The zero-order valence-electron chi connectivity index (χ0n) is 12.7. The zero-order chi connectivity index (χ0) is 15.3. The van der Waals surface area contributed by atoms with Gasteiger partial charge in [0.15, 0.2) is 0 Å². The van der Waals surface area contributed by atoms with Crippen LogP contribution in [-0.2, 0) is 4.74 Å². The van der Waals surface area contributed by atoms with Crippen molar-refractivity contribution < 1.29 is 9.53 Å². The van der Waals surface area contributed by atoms with Crippen molar-refractivity contribution >= 4 is 33.4 Å². The predicted octanol–water partition coefficient (Wildman–Crippen LogP) is 4.03. The summed E-state index contributed by atoms with van der Waals surface area (Å²) in [4.78, 5) is 14.6. The van der Waals surface area contributed by atoms with Crippen LogP contribution in [0.2, 0.25) is 0 Å². The molecule has 0 aliphatic heterocycles. The van der Waals surface area contributed by atoms with E-state index in [2.05, 4.69) is 39.6 Å². The van der Waals surface area contributed by atoms with Gasteiger partial charge in [-0.15, -0.1) is 11.3 Å². The maximum Gasteiger partial charge on any atom is 0.410 e. The Hall–Kier alpha value is -0.590. The van der Waals surface area contributed by atoms with Crippen LogP contribution in [0.5, 0.6) is 0 Å². The summed E-state index contributed by atoms with van der Waals surface area (Å²) in [6.07, 6.45) is -0.286. The van der Waals surface area contributed by atoms with Gasteiger partial charge in [-0.25, -0.2) is 4.79 Å². The fraction of sp³-hybridized carbons (Fsp3) is 0.643. The molecule has 0 saturated carbocycles. The van der Waals surface area contributed by atoms with Gasteiger partial charge in [0, 0.05) is 40.9 Å². The molecule has 0 aliphatic carbocycles. The highest BCUT2D eigenvalue weighted by atomic mass is 79.9. The lowest BCUT2D eigenvalue weighted by molar-refractivity contribution is 0.0299. The SMILES string of the molecule is CC(NCCN(C)C(=O)OC(C)(C)C)c1cc(Br)cs1. The number of hydrogen-bond acceptors (Lipinski definition) is 4. The number of nitrogens with one attached hydrogen (secondary N) is 1. The summed E-state index contributed by atoms with van der Waals surface area (Å²) in [7, 11) is 1.75. The summed E-state index contributed by atoms with van der Waals surface area (Å²) in [6.45, 7) is 9.07. The van der Waals surface area contributed by atoms with E-state index in [9.17, 15) is 4.79 Å². The van der Waals surface area contributed by atoms with Crippen LogP contribution in [0.4, 0.5) is 4.79 Å². The van der Waals surface area contributed by atoms with Gasteiger partial charge in [-0.3, -0.25) is 0 Å². The minimum atomic E-state index is -0.449. The quantitative estimate of drug-likeness (QED) is 0.859.